The van der Waals surface area contributed by atoms with Crippen LogP contribution in [0.15, 0.2) is 42.5 Å². The lowest BCUT2D eigenvalue weighted by Crippen LogP contribution is -2.37. The molecular weight excluding hydrogens is 312 g/mol. The molecule has 0 bridgehead atoms. The summed E-state index contributed by atoms with van der Waals surface area (Å²) in [7, 11) is 0. The summed E-state index contributed by atoms with van der Waals surface area (Å²) in [5.74, 6) is 0.468. The average Bonchev–Trinajstić information content (AvgIpc) is 2.61. The summed E-state index contributed by atoms with van der Waals surface area (Å²) in [6.45, 7) is 2.82. The van der Waals surface area contributed by atoms with Gasteiger partial charge < -0.3 is 14.4 Å². The number of carbonyl (C=O) groups excluding carboxylic acids is 1. The molecule has 0 unspecified atom stereocenters. The molecule has 7 heteroatoms. The molecule has 0 atom stereocenters. The topological polar surface area (TPSA) is 81.9 Å². The zero-order valence-electron chi connectivity index (χ0n) is 13.1. The van der Waals surface area contributed by atoms with E-state index in [2.05, 4.69) is 0 Å². The molecule has 0 spiro atoms. The van der Waals surface area contributed by atoms with Crippen LogP contribution < -0.4 is 14.4 Å². The molecule has 3 rings (SSSR count). The van der Waals surface area contributed by atoms with Crippen molar-refractivity contribution in [2.24, 2.45) is 0 Å². The summed E-state index contributed by atoms with van der Waals surface area (Å²) in [6, 6.07) is 11.5. The van der Waals surface area contributed by atoms with E-state index >= 15 is 0 Å². The van der Waals surface area contributed by atoms with Gasteiger partial charge in [-0.05, 0) is 31.2 Å². The number of hydrogen-bond donors (Lipinski definition) is 0. The number of anilines is 1. The lowest BCUT2D eigenvalue weighted by Gasteiger charge is -2.29. The molecule has 0 aliphatic carbocycles. The third kappa shape index (κ3) is 2.88. The standard InChI is InChI=1S/C17H16N2O5/c1-2-23-16-8-7-12(11-14(16)19(21)22)17(20)18-9-10-24-15-6-4-3-5-13(15)18/h3-8,11H,2,9-10H2,1H3. The predicted molar refractivity (Wildman–Crippen MR) is 87.9 cm³/mol. The molecule has 0 radical (unpaired) electrons. The minimum atomic E-state index is -0.547. The summed E-state index contributed by atoms with van der Waals surface area (Å²) in [4.78, 5) is 25.1. The Bertz CT molecular complexity index is 790. The van der Waals surface area contributed by atoms with Gasteiger partial charge in [-0.3, -0.25) is 14.9 Å². The number of benzene rings is 2. The molecule has 24 heavy (non-hydrogen) atoms. The van der Waals surface area contributed by atoms with Crippen LogP contribution >= 0.6 is 0 Å². The zero-order chi connectivity index (χ0) is 17.1. The summed E-state index contributed by atoms with van der Waals surface area (Å²) < 4.78 is 10.8. The molecule has 124 valence electrons. The third-order valence-corrected chi connectivity index (χ3v) is 3.68. The van der Waals surface area contributed by atoms with Crippen molar-refractivity contribution in [2.75, 3.05) is 24.7 Å². The maximum Gasteiger partial charge on any atom is 0.311 e. The van der Waals surface area contributed by atoms with Crippen LogP contribution in [0.2, 0.25) is 0 Å². The highest BCUT2D eigenvalue weighted by Gasteiger charge is 2.26. The lowest BCUT2D eigenvalue weighted by atomic mass is 10.1. The first-order chi connectivity index (χ1) is 11.6. The van der Waals surface area contributed by atoms with Crippen molar-refractivity contribution in [1.29, 1.82) is 0 Å². The van der Waals surface area contributed by atoms with E-state index in [-0.39, 0.29) is 22.9 Å². The first-order valence-corrected chi connectivity index (χ1v) is 7.56. The minimum absolute atomic E-state index is 0.154. The molecule has 0 N–H and O–H groups in total. The highest BCUT2D eigenvalue weighted by molar-refractivity contribution is 6.07. The molecule has 1 aliphatic rings. The van der Waals surface area contributed by atoms with Gasteiger partial charge in [-0.1, -0.05) is 12.1 Å². The SMILES string of the molecule is CCOc1ccc(C(=O)N2CCOc3ccccc32)cc1[N+](=O)[O-]. The third-order valence-electron chi connectivity index (χ3n) is 3.68. The van der Waals surface area contributed by atoms with Gasteiger partial charge in [0.15, 0.2) is 5.75 Å². The fraction of sp³-hybridized carbons (Fsp3) is 0.235. The molecule has 1 aliphatic heterocycles. The van der Waals surface area contributed by atoms with Gasteiger partial charge >= 0.3 is 5.69 Å². The van der Waals surface area contributed by atoms with Crippen LogP contribution in [0, 0.1) is 10.1 Å². The molecule has 0 saturated carbocycles. The maximum absolute atomic E-state index is 12.8. The summed E-state index contributed by atoms with van der Waals surface area (Å²) in [5, 5.41) is 11.2. The number of fused-ring (bicyclic) bond motifs is 1. The minimum Gasteiger partial charge on any atom is -0.490 e. The van der Waals surface area contributed by atoms with Gasteiger partial charge in [0.25, 0.3) is 5.91 Å². The van der Waals surface area contributed by atoms with Gasteiger partial charge in [-0.25, -0.2) is 0 Å². The Kier molecular flexibility index (Phi) is 4.33. The summed E-state index contributed by atoms with van der Waals surface area (Å²) >= 11 is 0. The van der Waals surface area contributed by atoms with E-state index in [0.717, 1.165) is 0 Å². The Morgan fingerprint density at radius 1 is 1.33 bits per heavy atom. The van der Waals surface area contributed by atoms with Crippen molar-refractivity contribution >= 4 is 17.3 Å². The molecule has 0 saturated heterocycles. The second kappa shape index (κ2) is 6.57. The average molecular weight is 328 g/mol. The largest absolute Gasteiger partial charge is 0.490 e. The molecule has 1 heterocycles. The van der Waals surface area contributed by atoms with Crippen molar-refractivity contribution in [3.05, 3.63) is 58.1 Å². The number of rotatable bonds is 4. The highest BCUT2D eigenvalue weighted by atomic mass is 16.6. The lowest BCUT2D eigenvalue weighted by molar-refractivity contribution is -0.385. The first-order valence-electron chi connectivity index (χ1n) is 7.56. The Hall–Kier alpha value is -3.09. The zero-order valence-corrected chi connectivity index (χ0v) is 13.1. The van der Waals surface area contributed by atoms with Crippen LogP contribution in [-0.4, -0.2) is 30.6 Å². The van der Waals surface area contributed by atoms with Gasteiger partial charge in [0.2, 0.25) is 0 Å². The van der Waals surface area contributed by atoms with Crippen LogP contribution in [0.5, 0.6) is 11.5 Å². The molecule has 2 aromatic carbocycles. The molecule has 7 nitrogen and oxygen atoms in total. The molecule has 0 fully saturated rings. The van der Waals surface area contributed by atoms with E-state index in [1.807, 2.05) is 12.1 Å². The van der Waals surface area contributed by atoms with Gasteiger partial charge in [-0.15, -0.1) is 0 Å². The van der Waals surface area contributed by atoms with E-state index in [0.29, 0.717) is 31.2 Å². The number of carbonyl (C=O) groups is 1. The van der Waals surface area contributed by atoms with Crippen LogP contribution in [0.1, 0.15) is 17.3 Å². The highest BCUT2D eigenvalue weighted by Crippen LogP contribution is 2.33. The molecule has 2 aromatic rings. The number of nitro benzene ring substituents is 1. The van der Waals surface area contributed by atoms with Crippen LogP contribution in [0.25, 0.3) is 0 Å². The second-order valence-electron chi connectivity index (χ2n) is 5.15. The van der Waals surface area contributed by atoms with Gasteiger partial charge in [-0.2, -0.15) is 0 Å². The number of nitro groups is 1. The molecule has 0 aromatic heterocycles. The molecule has 1 amide bonds. The van der Waals surface area contributed by atoms with Crippen LogP contribution in [-0.2, 0) is 0 Å². The van der Waals surface area contributed by atoms with Gasteiger partial charge in [0.1, 0.15) is 12.4 Å². The van der Waals surface area contributed by atoms with Crippen LogP contribution in [0.3, 0.4) is 0 Å². The van der Waals surface area contributed by atoms with E-state index in [1.54, 1.807) is 30.0 Å². The van der Waals surface area contributed by atoms with E-state index < -0.39 is 4.92 Å². The first kappa shape index (κ1) is 15.8. The van der Waals surface area contributed by atoms with Gasteiger partial charge in [0, 0.05) is 11.6 Å². The predicted octanol–water partition coefficient (Wildman–Crippen LogP) is 3.03. The summed E-state index contributed by atoms with van der Waals surface area (Å²) in [5.41, 5.74) is 0.677. The number of hydrogen-bond acceptors (Lipinski definition) is 5. The summed E-state index contributed by atoms with van der Waals surface area (Å²) in [6.07, 6.45) is 0. The van der Waals surface area contributed by atoms with Crippen LogP contribution in [0.4, 0.5) is 11.4 Å². The molecular formula is C17H16N2O5. The number of ether oxygens (including phenoxy) is 2. The van der Waals surface area contributed by atoms with Crippen molar-refractivity contribution in [3.63, 3.8) is 0 Å². The van der Waals surface area contributed by atoms with Crippen molar-refractivity contribution < 1.29 is 19.2 Å². The Labute approximate surface area is 138 Å². The second-order valence-corrected chi connectivity index (χ2v) is 5.15. The fourth-order valence-electron chi connectivity index (χ4n) is 2.61. The fourth-order valence-corrected chi connectivity index (χ4v) is 2.61. The van der Waals surface area contributed by atoms with Crippen molar-refractivity contribution in [3.8, 4) is 11.5 Å². The number of para-hydroxylation sites is 2. The quantitative estimate of drug-likeness (QED) is 0.636. The van der Waals surface area contributed by atoms with E-state index in [1.165, 1.54) is 12.1 Å². The number of nitrogens with zero attached hydrogens (tertiary/aromatic N) is 2. The Morgan fingerprint density at radius 3 is 2.88 bits per heavy atom. The van der Waals surface area contributed by atoms with E-state index in [4.69, 9.17) is 9.47 Å². The van der Waals surface area contributed by atoms with Gasteiger partial charge in [0.05, 0.1) is 23.8 Å². The number of amides is 1. The smallest absolute Gasteiger partial charge is 0.311 e. The normalized spacial score (nSPS) is 13.0. The monoisotopic (exact) mass is 328 g/mol. The van der Waals surface area contributed by atoms with Crippen molar-refractivity contribution in [1.82, 2.24) is 0 Å². The van der Waals surface area contributed by atoms with Crippen molar-refractivity contribution in [2.45, 2.75) is 6.92 Å². The van der Waals surface area contributed by atoms with E-state index in [9.17, 15) is 14.9 Å². The maximum atomic E-state index is 12.8. The Balaban J connectivity index is 1.96. The Morgan fingerprint density at radius 2 is 2.12 bits per heavy atom.